The molecule has 2 aromatic rings. The summed E-state index contributed by atoms with van der Waals surface area (Å²) in [6.45, 7) is 8.14. The average Bonchev–Trinajstić information content (AvgIpc) is 3.17. The normalized spacial score (nSPS) is 25.3. The fourth-order valence-electron chi connectivity index (χ4n) is 3.70. The maximum absolute atomic E-state index is 6.14. The molecule has 4 rings (SSSR count). The lowest BCUT2D eigenvalue weighted by Gasteiger charge is -2.34. The Bertz CT molecular complexity index is 1060. The van der Waals surface area contributed by atoms with Crippen molar-refractivity contribution < 1.29 is 0 Å². The van der Waals surface area contributed by atoms with Crippen LogP contribution in [-0.2, 0) is 0 Å². The van der Waals surface area contributed by atoms with E-state index in [9.17, 15) is 0 Å². The van der Waals surface area contributed by atoms with Crippen molar-refractivity contribution in [3.8, 4) is 0 Å². The minimum atomic E-state index is 0.237. The van der Waals surface area contributed by atoms with Gasteiger partial charge in [-0.05, 0) is 50.2 Å². The summed E-state index contributed by atoms with van der Waals surface area (Å²) in [4.78, 5) is 14.5. The SMILES string of the molecule is Cc1cc(NC2=N/C(N3CCN(C)CC3)=C/CC(C)C(/C=C/c3cccc(Cl)c3)=N\2)n[nH]1. The zero-order valence-corrected chi connectivity index (χ0v) is 19.6. The minimum absolute atomic E-state index is 0.237. The number of nitrogens with one attached hydrogen (secondary N) is 2. The number of aryl methyl sites for hydroxylation is 1. The molecule has 2 aliphatic heterocycles. The number of likely N-dealkylation sites (N-methyl/N-ethyl adjacent to an activating group) is 1. The molecule has 0 spiro atoms. The van der Waals surface area contributed by atoms with Crippen molar-refractivity contribution in [3.63, 3.8) is 0 Å². The van der Waals surface area contributed by atoms with Gasteiger partial charge in [0.1, 0.15) is 5.82 Å². The lowest BCUT2D eigenvalue weighted by molar-refractivity contribution is 0.184. The van der Waals surface area contributed by atoms with E-state index in [0.717, 1.165) is 60.4 Å². The molecule has 1 atom stereocenters. The second-order valence-electron chi connectivity index (χ2n) is 8.41. The molecule has 8 heteroatoms. The number of hydrogen-bond donors (Lipinski definition) is 2. The van der Waals surface area contributed by atoms with Gasteiger partial charge in [-0.15, -0.1) is 0 Å². The molecule has 168 valence electrons. The second-order valence-corrected chi connectivity index (χ2v) is 8.85. The molecule has 0 bridgehead atoms. The molecule has 0 radical (unpaired) electrons. The Hall–Kier alpha value is -2.90. The predicted octanol–water partition coefficient (Wildman–Crippen LogP) is 4.42. The molecule has 1 aromatic carbocycles. The number of allylic oxidation sites excluding steroid dienone is 2. The first-order valence-electron chi connectivity index (χ1n) is 11.0. The van der Waals surface area contributed by atoms with Crippen LogP contribution in [0.1, 0.15) is 24.6 Å². The number of benzene rings is 1. The molecule has 1 fully saturated rings. The number of piperazine rings is 1. The van der Waals surface area contributed by atoms with E-state index in [-0.39, 0.29) is 5.92 Å². The first-order valence-corrected chi connectivity index (χ1v) is 11.4. The number of halogens is 1. The van der Waals surface area contributed by atoms with Crippen LogP contribution < -0.4 is 5.32 Å². The minimum Gasteiger partial charge on any atom is -0.354 e. The summed E-state index contributed by atoms with van der Waals surface area (Å²) < 4.78 is 0. The molecule has 0 amide bonds. The first-order chi connectivity index (χ1) is 15.5. The zero-order chi connectivity index (χ0) is 22.5. The van der Waals surface area contributed by atoms with Crippen LogP contribution >= 0.6 is 11.6 Å². The molecule has 1 unspecified atom stereocenters. The molecular formula is C24H30ClN7. The van der Waals surface area contributed by atoms with Crippen LogP contribution in [0.4, 0.5) is 5.82 Å². The van der Waals surface area contributed by atoms with Crippen LogP contribution in [0.2, 0.25) is 5.02 Å². The lowest BCUT2D eigenvalue weighted by Crippen LogP contribution is -2.43. The smallest absolute Gasteiger partial charge is 0.230 e. The van der Waals surface area contributed by atoms with Gasteiger partial charge in [-0.25, -0.2) is 4.99 Å². The third-order valence-electron chi connectivity index (χ3n) is 5.68. The number of guanidine groups is 1. The van der Waals surface area contributed by atoms with Crippen LogP contribution in [0.25, 0.3) is 6.08 Å². The predicted molar refractivity (Wildman–Crippen MR) is 133 cm³/mol. The van der Waals surface area contributed by atoms with Crippen LogP contribution in [0, 0.1) is 12.8 Å². The molecule has 2 aliphatic rings. The van der Waals surface area contributed by atoms with Gasteiger partial charge >= 0.3 is 0 Å². The molecule has 1 saturated heterocycles. The van der Waals surface area contributed by atoms with Gasteiger partial charge in [0, 0.05) is 54.6 Å². The van der Waals surface area contributed by atoms with Crippen molar-refractivity contribution in [1.82, 2.24) is 20.0 Å². The van der Waals surface area contributed by atoms with Crippen molar-refractivity contribution in [3.05, 3.63) is 64.6 Å². The second kappa shape index (κ2) is 10.1. The van der Waals surface area contributed by atoms with E-state index in [0.29, 0.717) is 11.8 Å². The van der Waals surface area contributed by atoms with Gasteiger partial charge in [-0.3, -0.25) is 5.10 Å². The summed E-state index contributed by atoms with van der Waals surface area (Å²) in [7, 11) is 2.16. The highest BCUT2D eigenvalue weighted by Crippen LogP contribution is 2.20. The Morgan fingerprint density at radius 1 is 1.12 bits per heavy atom. The number of hydrogen-bond acceptors (Lipinski definition) is 6. The van der Waals surface area contributed by atoms with E-state index in [2.05, 4.69) is 51.4 Å². The van der Waals surface area contributed by atoms with Gasteiger partial charge < -0.3 is 15.1 Å². The molecule has 0 aliphatic carbocycles. The number of aromatic nitrogens is 2. The zero-order valence-electron chi connectivity index (χ0n) is 18.8. The Morgan fingerprint density at radius 3 is 2.66 bits per heavy atom. The van der Waals surface area contributed by atoms with E-state index >= 15 is 0 Å². The topological polar surface area (TPSA) is 71.9 Å². The van der Waals surface area contributed by atoms with Crippen molar-refractivity contribution in [2.24, 2.45) is 15.9 Å². The number of aliphatic imine (C=N–C) groups is 2. The van der Waals surface area contributed by atoms with Crippen molar-refractivity contribution in [2.75, 3.05) is 38.5 Å². The molecule has 1 aromatic heterocycles. The third-order valence-corrected chi connectivity index (χ3v) is 5.92. The van der Waals surface area contributed by atoms with E-state index in [1.807, 2.05) is 43.3 Å². The monoisotopic (exact) mass is 451 g/mol. The van der Waals surface area contributed by atoms with Gasteiger partial charge in [0.2, 0.25) is 5.96 Å². The fourth-order valence-corrected chi connectivity index (χ4v) is 3.89. The molecule has 0 saturated carbocycles. The maximum atomic E-state index is 6.14. The number of aromatic amines is 1. The fraction of sp³-hybridized carbons (Fsp3) is 0.375. The van der Waals surface area contributed by atoms with Crippen molar-refractivity contribution in [2.45, 2.75) is 20.3 Å². The Kier molecular flexibility index (Phi) is 7.07. The van der Waals surface area contributed by atoms with E-state index in [1.54, 1.807) is 0 Å². The molecule has 7 nitrogen and oxygen atoms in total. The van der Waals surface area contributed by atoms with Gasteiger partial charge in [-0.1, -0.05) is 36.7 Å². The number of anilines is 1. The quantitative estimate of drug-likeness (QED) is 0.721. The standard InChI is InChI=1S/C24H30ClN7/c1-17-7-10-23(32-13-11-31(3)12-14-32)28-24(27-22-15-18(2)29-30-22)26-21(17)9-8-19-5-4-6-20(25)16-19/h4-6,8-10,15-17H,7,11-14H2,1-3H3,(H2,27,28,29,30)/b9-8+,23-10-,26-21-. The van der Waals surface area contributed by atoms with Crippen molar-refractivity contribution in [1.29, 1.82) is 0 Å². The van der Waals surface area contributed by atoms with Gasteiger partial charge in [-0.2, -0.15) is 10.1 Å². The Labute approximate surface area is 194 Å². The van der Waals surface area contributed by atoms with Gasteiger partial charge in [0.15, 0.2) is 5.82 Å². The summed E-state index contributed by atoms with van der Waals surface area (Å²) >= 11 is 6.14. The highest BCUT2D eigenvalue weighted by atomic mass is 35.5. The molecule has 2 N–H and O–H groups in total. The van der Waals surface area contributed by atoms with Crippen LogP contribution in [0.5, 0.6) is 0 Å². The number of rotatable bonds is 4. The molecule has 3 heterocycles. The third kappa shape index (κ3) is 5.87. The highest BCUT2D eigenvalue weighted by Gasteiger charge is 2.20. The highest BCUT2D eigenvalue weighted by molar-refractivity contribution is 6.30. The molecular weight excluding hydrogens is 422 g/mol. The number of H-pyrrole nitrogens is 1. The summed E-state index contributed by atoms with van der Waals surface area (Å²) in [5, 5.41) is 11.3. The summed E-state index contributed by atoms with van der Waals surface area (Å²) in [6.07, 6.45) is 7.20. The Morgan fingerprint density at radius 2 is 1.94 bits per heavy atom. The lowest BCUT2D eigenvalue weighted by atomic mass is 9.99. The van der Waals surface area contributed by atoms with Gasteiger partial charge in [0.05, 0.1) is 0 Å². The summed E-state index contributed by atoms with van der Waals surface area (Å²) in [5.41, 5.74) is 2.97. The van der Waals surface area contributed by atoms with E-state index < -0.39 is 0 Å². The van der Waals surface area contributed by atoms with Crippen molar-refractivity contribution >= 4 is 35.2 Å². The van der Waals surface area contributed by atoms with Gasteiger partial charge in [0.25, 0.3) is 0 Å². The van der Waals surface area contributed by atoms with Crippen LogP contribution in [-0.4, -0.2) is 64.9 Å². The van der Waals surface area contributed by atoms with E-state index in [4.69, 9.17) is 21.6 Å². The first kappa shape index (κ1) is 22.3. The maximum Gasteiger partial charge on any atom is 0.230 e. The Balaban J connectivity index is 1.64. The van der Waals surface area contributed by atoms with Crippen LogP contribution in [0.15, 0.2) is 58.3 Å². The number of nitrogens with zero attached hydrogens (tertiary/aromatic N) is 5. The van der Waals surface area contributed by atoms with Crippen LogP contribution in [0.3, 0.4) is 0 Å². The average molecular weight is 452 g/mol. The largest absolute Gasteiger partial charge is 0.354 e. The summed E-state index contributed by atoms with van der Waals surface area (Å²) in [6, 6.07) is 9.74. The summed E-state index contributed by atoms with van der Waals surface area (Å²) in [5.74, 6) is 2.45. The van der Waals surface area contributed by atoms with E-state index in [1.165, 1.54) is 0 Å². The molecule has 32 heavy (non-hydrogen) atoms.